The predicted molar refractivity (Wildman–Crippen MR) is 132 cm³/mol. The number of rotatable bonds is 6. The number of nitrogens with one attached hydrogen (secondary N) is 2. The number of nitrogens with zero attached hydrogens (tertiary/aromatic N) is 3. The highest BCUT2D eigenvalue weighted by molar-refractivity contribution is 6.39. The molecule has 0 amide bonds. The fraction of sp³-hybridized carbons (Fsp3) is 0.280. The summed E-state index contributed by atoms with van der Waals surface area (Å²) >= 11 is 13.1. The molecule has 1 fully saturated rings. The lowest BCUT2D eigenvalue weighted by Crippen LogP contribution is -2.32. The van der Waals surface area contributed by atoms with E-state index in [4.69, 9.17) is 28.2 Å². The van der Waals surface area contributed by atoms with Crippen molar-refractivity contribution in [1.82, 2.24) is 19.9 Å². The van der Waals surface area contributed by atoms with E-state index in [9.17, 15) is 8.78 Å². The lowest BCUT2D eigenvalue weighted by atomic mass is 9.99. The van der Waals surface area contributed by atoms with Crippen LogP contribution >= 0.6 is 23.2 Å². The Morgan fingerprint density at radius 3 is 2.65 bits per heavy atom. The Hall–Kier alpha value is -2.74. The third-order valence-corrected chi connectivity index (χ3v) is 6.76. The van der Waals surface area contributed by atoms with Gasteiger partial charge >= 0.3 is 0 Å². The Bertz CT molecular complexity index is 1310. The number of halogens is 4. The van der Waals surface area contributed by atoms with Gasteiger partial charge in [-0.05, 0) is 67.7 Å². The van der Waals surface area contributed by atoms with Crippen LogP contribution in [-0.2, 0) is 13.1 Å². The van der Waals surface area contributed by atoms with E-state index in [-0.39, 0.29) is 6.54 Å². The fourth-order valence-electron chi connectivity index (χ4n) is 4.43. The summed E-state index contributed by atoms with van der Waals surface area (Å²) in [5.41, 5.74) is 3.02. The zero-order valence-electron chi connectivity index (χ0n) is 18.3. The molecule has 2 N–H and O–H groups in total. The summed E-state index contributed by atoms with van der Waals surface area (Å²) in [5, 5.41) is 8.59. The second kappa shape index (κ2) is 9.86. The van der Waals surface area contributed by atoms with Crippen LogP contribution in [0.2, 0.25) is 10.0 Å². The molecule has 0 radical (unpaired) electrons. The molecule has 9 heteroatoms. The van der Waals surface area contributed by atoms with Crippen molar-refractivity contribution >= 4 is 40.2 Å². The zero-order chi connectivity index (χ0) is 23.7. The first-order chi connectivity index (χ1) is 16.5. The van der Waals surface area contributed by atoms with Gasteiger partial charge in [-0.1, -0.05) is 35.3 Å². The van der Waals surface area contributed by atoms with Crippen LogP contribution in [0, 0.1) is 17.6 Å². The van der Waals surface area contributed by atoms with Gasteiger partial charge in [0.1, 0.15) is 5.65 Å². The molecule has 2 aromatic carbocycles. The summed E-state index contributed by atoms with van der Waals surface area (Å²) in [6.45, 7) is 2.99. The average molecular weight is 502 g/mol. The lowest BCUT2D eigenvalue weighted by Gasteiger charge is -2.24. The highest BCUT2D eigenvalue weighted by Gasteiger charge is 2.21. The summed E-state index contributed by atoms with van der Waals surface area (Å²) in [6, 6.07) is 11.3. The minimum atomic E-state index is -0.883. The molecule has 3 heterocycles. The lowest BCUT2D eigenvalue weighted by molar-refractivity contribution is 0.341. The van der Waals surface area contributed by atoms with Gasteiger partial charge in [-0.15, -0.1) is 0 Å². The van der Waals surface area contributed by atoms with E-state index in [1.165, 1.54) is 6.07 Å². The zero-order valence-corrected chi connectivity index (χ0v) is 19.8. The van der Waals surface area contributed by atoms with E-state index in [1.54, 1.807) is 6.20 Å². The van der Waals surface area contributed by atoms with Gasteiger partial charge in [-0.2, -0.15) is 4.98 Å². The Morgan fingerprint density at radius 1 is 1.09 bits per heavy atom. The number of hydrogen-bond donors (Lipinski definition) is 2. The van der Waals surface area contributed by atoms with Gasteiger partial charge in [-0.25, -0.2) is 13.8 Å². The molecular formula is C25H23Cl2F2N5. The van der Waals surface area contributed by atoms with Crippen LogP contribution in [0.3, 0.4) is 0 Å². The molecule has 4 aromatic rings. The smallest absolute Gasteiger partial charge is 0.224 e. The first kappa shape index (κ1) is 23.0. The number of anilines is 1. The van der Waals surface area contributed by atoms with Crippen LogP contribution in [-0.4, -0.2) is 27.6 Å². The number of fused-ring (bicyclic) bond motifs is 1. The van der Waals surface area contributed by atoms with E-state index in [1.807, 2.05) is 24.3 Å². The number of benzene rings is 2. The van der Waals surface area contributed by atoms with Gasteiger partial charge in [0, 0.05) is 30.2 Å². The minimum absolute atomic E-state index is 0.263. The highest BCUT2D eigenvalue weighted by Crippen LogP contribution is 2.38. The topological polar surface area (TPSA) is 54.8 Å². The van der Waals surface area contributed by atoms with E-state index >= 15 is 0 Å². The maximum absolute atomic E-state index is 13.6. The van der Waals surface area contributed by atoms with Crippen LogP contribution in [0.1, 0.15) is 18.4 Å². The molecule has 0 bridgehead atoms. The Balaban J connectivity index is 1.52. The fourth-order valence-corrected chi connectivity index (χ4v) is 5.02. The maximum Gasteiger partial charge on any atom is 0.224 e. The number of hydrogen-bond acceptors (Lipinski definition) is 4. The Labute approximate surface area is 206 Å². The van der Waals surface area contributed by atoms with Crippen molar-refractivity contribution in [3.05, 3.63) is 75.9 Å². The van der Waals surface area contributed by atoms with Gasteiger partial charge in [0.25, 0.3) is 0 Å². The predicted octanol–water partition coefficient (Wildman–Crippen LogP) is 6.30. The van der Waals surface area contributed by atoms with Gasteiger partial charge in [0.15, 0.2) is 11.6 Å². The Kier molecular flexibility index (Phi) is 6.68. The largest absolute Gasteiger partial charge is 0.350 e. The molecule has 176 valence electrons. The molecule has 5 nitrogen and oxygen atoms in total. The number of aromatic nitrogens is 3. The summed E-state index contributed by atoms with van der Waals surface area (Å²) in [5.74, 6) is -0.915. The van der Waals surface area contributed by atoms with Crippen molar-refractivity contribution in [3.63, 3.8) is 0 Å². The summed E-state index contributed by atoms with van der Waals surface area (Å²) in [6.07, 6.45) is 4.00. The van der Waals surface area contributed by atoms with Crippen LogP contribution in [0.25, 0.3) is 22.3 Å². The van der Waals surface area contributed by atoms with Crippen molar-refractivity contribution in [2.75, 3.05) is 18.4 Å². The van der Waals surface area contributed by atoms with E-state index < -0.39 is 11.6 Å². The first-order valence-electron chi connectivity index (χ1n) is 11.2. The summed E-state index contributed by atoms with van der Waals surface area (Å²) < 4.78 is 28.9. The standard InChI is InChI=1S/C25H23Cl2F2N5/c26-18-4-1-5-19(27)23(18)22-10-17-13-32-25(31-12-15-6-7-20(28)21(29)9-15)33-24(17)34(22)14-16-3-2-8-30-11-16/h1,4-7,9-10,13,16,30H,2-3,8,11-12,14H2,(H,31,32,33)/t16-/m1/s1. The third-order valence-electron chi connectivity index (χ3n) is 6.13. The molecule has 1 atom stereocenters. The molecule has 1 aliphatic rings. The van der Waals surface area contributed by atoms with Crippen LogP contribution < -0.4 is 10.6 Å². The maximum atomic E-state index is 13.6. The monoisotopic (exact) mass is 501 g/mol. The van der Waals surface area contributed by atoms with Gasteiger partial charge in [0.2, 0.25) is 5.95 Å². The molecule has 2 aromatic heterocycles. The SMILES string of the molecule is Fc1ccc(CNc2ncc3cc(-c4c(Cl)cccc4Cl)n(C[C@@H]4CCCNC4)c3n2)cc1F. The van der Waals surface area contributed by atoms with Gasteiger partial charge in [-0.3, -0.25) is 0 Å². The van der Waals surface area contributed by atoms with Crippen molar-refractivity contribution in [1.29, 1.82) is 0 Å². The van der Waals surface area contributed by atoms with Gasteiger partial charge < -0.3 is 15.2 Å². The van der Waals surface area contributed by atoms with Crippen LogP contribution in [0.5, 0.6) is 0 Å². The normalized spacial score (nSPS) is 16.2. The molecule has 0 aliphatic carbocycles. The first-order valence-corrected chi connectivity index (χ1v) is 11.9. The highest BCUT2D eigenvalue weighted by atomic mass is 35.5. The molecule has 0 unspecified atom stereocenters. The van der Waals surface area contributed by atoms with Crippen molar-refractivity contribution in [2.24, 2.45) is 5.92 Å². The van der Waals surface area contributed by atoms with Crippen LogP contribution in [0.15, 0.2) is 48.7 Å². The average Bonchev–Trinajstić information content (AvgIpc) is 3.17. The quantitative estimate of drug-likeness (QED) is 0.325. The van der Waals surface area contributed by atoms with Crippen molar-refractivity contribution in [3.8, 4) is 11.3 Å². The summed E-state index contributed by atoms with van der Waals surface area (Å²) in [4.78, 5) is 9.19. The third kappa shape index (κ3) is 4.73. The minimum Gasteiger partial charge on any atom is -0.350 e. The van der Waals surface area contributed by atoms with E-state index in [0.717, 1.165) is 66.9 Å². The van der Waals surface area contributed by atoms with E-state index in [2.05, 4.69) is 20.2 Å². The second-order valence-corrected chi connectivity index (χ2v) is 9.34. The van der Waals surface area contributed by atoms with E-state index in [0.29, 0.717) is 27.5 Å². The molecule has 1 saturated heterocycles. The molecule has 0 spiro atoms. The number of piperidine rings is 1. The molecule has 5 rings (SSSR count). The summed E-state index contributed by atoms with van der Waals surface area (Å²) in [7, 11) is 0. The van der Waals surface area contributed by atoms with Crippen LogP contribution in [0.4, 0.5) is 14.7 Å². The van der Waals surface area contributed by atoms with Gasteiger partial charge in [0.05, 0.1) is 15.7 Å². The van der Waals surface area contributed by atoms with Crippen molar-refractivity contribution < 1.29 is 8.78 Å². The van der Waals surface area contributed by atoms with Crippen molar-refractivity contribution in [2.45, 2.75) is 25.9 Å². The molecule has 1 aliphatic heterocycles. The molecular weight excluding hydrogens is 479 g/mol. The molecule has 34 heavy (non-hydrogen) atoms. The molecule has 0 saturated carbocycles. The Morgan fingerprint density at radius 2 is 1.91 bits per heavy atom. The second-order valence-electron chi connectivity index (χ2n) is 8.52.